The molecule has 2 rings (SSSR count). The minimum Gasteiger partial charge on any atom is -0.469 e. The van der Waals surface area contributed by atoms with Crippen molar-refractivity contribution in [2.24, 2.45) is 5.41 Å². The summed E-state index contributed by atoms with van der Waals surface area (Å²) in [5.74, 6) is 1.96. The smallest absolute Gasteiger partial charge is 0.306 e. The van der Waals surface area contributed by atoms with Gasteiger partial charge in [0.25, 0.3) is 0 Å². The van der Waals surface area contributed by atoms with Crippen LogP contribution in [0.25, 0.3) is 0 Å². The number of aromatic nitrogens is 1. The van der Waals surface area contributed by atoms with Crippen molar-refractivity contribution in [2.75, 3.05) is 12.9 Å². The van der Waals surface area contributed by atoms with Crippen LogP contribution in [0.3, 0.4) is 0 Å². The summed E-state index contributed by atoms with van der Waals surface area (Å²) in [7, 11) is 1.46. The summed E-state index contributed by atoms with van der Waals surface area (Å²) in [4.78, 5) is 15.3. The molecular formula is C13H17NO2S. The van der Waals surface area contributed by atoms with E-state index in [-0.39, 0.29) is 11.4 Å². The molecule has 1 aromatic heterocycles. The van der Waals surface area contributed by atoms with Crippen LogP contribution < -0.4 is 0 Å². The lowest BCUT2D eigenvalue weighted by molar-refractivity contribution is -0.141. The van der Waals surface area contributed by atoms with Gasteiger partial charge in [-0.3, -0.25) is 9.78 Å². The van der Waals surface area contributed by atoms with Gasteiger partial charge in [0.15, 0.2) is 0 Å². The average molecular weight is 251 g/mol. The van der Waals surface area contributed by atoms with Crippen LogP contribution in [-0.2, 0) is 15.3 Å². The summed E-state index contributed by atoms with van der Waals surface area (Å²) in [6, 6.07) is 4.07. The summed E-state index contributed by atoms with van der Waals surface area (Å²) in [6.45, 7) is 0. The molecule has 4 heteroatoms. The van der Waals surface area contributed by atoms with Crippen molar-refractivity contribution in [3.63, 3.8) is 0 Å². The SMILES string of the molecule is COC(=O)CC1(CSCc2ccncc2)CC1. The number of ether oxygens (including phenoxy) is 1. The molecule has 0 N–H and O–H groups in total. The molecule has 3 nitrogen and oxygen atoms in total. The van der Waals surface area contributed by atoms with Gasteiger partial charge in [-0.2, -0.15) is 11.8 Å². The van der Waals surface area contributed by atoms with Crippen molar-refractivity contribution in [3.8, 4) is 0 Å². The lowest BCUT2D eigenvalue weighted by Gasteiger charge is -2.12. The number of rotatable bonds is 6. The van der Waals surface area contributed by atoms with Crippen LogP contribution in [0.1, 0.15) is 24.8 Å². The molecule has 0 saturated heterocycles. The summed E-state index contributed by atoms with van der Waals surface area (Å²) in [6.07, 6.45) is 6.53. The van der Waals surface area contributed by atoms with Gasteiger partial charge in [0.2, 0.25) is 0 Å². The van der Waals surface area contributed by atoms with Crippen LogP contribution in [0.4, 0.5) is 0 Å². The average Bonchev–Trinajstić information content (AvgIpc) is 3.10. The molecule has 1 aliphatic rings. The van der Waals surface area contributed by atoms with Crippen LogP contribution >= 0.6 is 11.8 Å². The summed E-state index contributed by atoms with van der Waals surface area (Å²) in [5, 5.41) is 0. The first-order chi connectivity index (χ1) is 8.24. The quantitative estimate of drug-likeness (QED) is 0.729. The van der Waals surface area contributed by atoms with Crippen LogP contribution in [0, 0.1) is 5.41 Å². The third-order valence-electron chi connectivity index (χ3n) is 3.13. The van der Waals surface area contributed by atoms with Gasteiger partial charge in [0.1, 0.15) is 0 Å². The number of methoxy groups -OCH3 is 1. The van der Waals surface area contributed by atoms with E-state index in [0.717, 1.165) is 24.3 Å². The topological polar surface area (TPSA) is 39.2 Å². The number of hydrogen-bond acceptors (Lipinski definition) is 4. The monoisotopic (exact) mass is 251 g/mol. The number of nitrogens with zero attached hydrogens (tertiary/aromatic N) is 1. The van der Waals surface area contributed by atoms with Crippen LogP contribution in [-0.4, -0.2) is 23.8 Å². The van der Waals surface area contributed by atoms with Crippen LogP contribution in [0.15, 0.2) is 24.5 Å². The fraction of sp³-hybridized carbons (Fsp3) is 0.538. The Morgan fingerprint density at radius 3 is 2.76 bits per heavy atom. The molecule has 0 unspecified atom stereocenters. The Hall–Kier alpha value is -1.03. The Morgan fingerprint density at radius 1 is 1.47 bits per heavy atom. The molecule has 17 heavy (non-hydrogen) atoms. The van der Waals surface area contributed by atoms with E-state index in [1.165, 1.54) is 12.7 Å². The molecule has 0 amide bonds. The number of hydrogen-bond donors (Lipinski definition) is 0. The zero-order chi connectivity index (χ0) is 12.1. The summed E-state index contributed by atoms with van der Waals surface area (Å²) < 4.78 is 4.73. The Labute approximate surface area is 106 Å². The highest BCUT2D eigenvalue weighted by molar-refractivity contribution is 7.98. The maximum Gasteiger partial charge on any atom is 0.306 e. The predicted molar refractivity (Wildman–Crippen MR) is 68.7 cm³/mol. The first-order valence-electron chi connectivity index (χ1n) is 5.78. The lowest BCUT2D eigenvalue weighted by Crippen LogP contribution is -2.13. The van der Waals surface area contributed by atoms with Crippen molar-refractivity contribution < 1.29 is 9.53 Å². The molecule has 1 fully saturated rings. The normalized spacial score (nSPS) is 16.5. The highest BCUT2D eigenvalue weighted by Gasteiger charge is 2.44. The predicted octanol–water partition coefficient (Wildman–Crippen LogP) is 2.66. The van der Waals surface area contributed by atoms with E-state index in [4.69, 9.17) is 4.74 Å². The van der Waals surface area contributed by atoms with Crippen LogP contribution in [0.2, 0.25) is 0 Å². The number of pyridine rings is 1. The van der Waals surface area contributed by atoms with Gasteiger partial charge in [-0.1, -0.05) is 0 Å². The standard InChI is InChI=1S/C13H17NO2S/c1-16-12(15)8-13(4-5-13)10-17-9-11-2-6-14-7-3-11/h2-3,6-7H,4-5,8-10H2,1H3. The molecule has 0 bridgehead atoms. The zero-order valence-corrected chi connectivity index (χ0v) is 10.8. The van der Waals surface area contributed by atoms with Crippen LogP contribution in [0.5, 0.6) is 0 Å². The third kappa shape index (κ3) is 3.73. The molecule has 0 atom stereocenters. The Morgan fingerprint density at radius 2 is 2.18 bits per heavy atom. The van der Waals surface area contributed by atoms with Gasteiger partial charge in [-0.25, -0.2) is 0 Å². The molecular weight excluding hydrogens is 234 g/mol. The van der Waals surface area contributed by atoms with Gasteiger partial charge < -0.3 is 4.74 Å². The van der Waals surface area contributed by atoms with E-state index in [1.54, 1.807) is 0 Å². The Bertz CT molecular complexity index is 376. The van der Waals surface area contributed by atoms with Gasteiger partial charge in [0.05, 0.1) is 13.5 Å². The molecule has 0 spiro atoms. The summed E-state index contributed by atoms with van der Waals surface area (Å²) >= 11 is 1.89. The molecule has 0 aromatic carbocycles. The number of thioether (sulfide) groups is 1. The third-order valence-corrected chi connectivity index (χ3v) is 4.48. The fourth-order valence-electron chi connectivity index (χ4n) is 1.79. The second-order valence-electron chi connectivity index (χ2n) is 4.60. The van der Waals surface area contributed by atoms with Gasteiger partial charge in [-0.15, -0.1) is 0 Å². The second kappa shape index (κ2) is 5.54. The van der Waals surface area contributed by atoms with Crippen molar-refractivity contribution >= 4 is 17.7 Å². The molecule has 1 aromatic rings. The number of esters is 1. The highest BCUT2D eigenvalue weighted by Crippen LogP contribution is 2.51. The van der Waals surface area contributed by atoms with Crippen molar-refractivity contribution in [3.05, 3.63) is 30.1 Å². The Balaban J connectivity index is 1.73. The highest BCUT2D eigenvalue weighted by atomic mass is 32.2. The van der Waals surface area contributed by atoms with E-state index in [1.807, 2.05) is 36.3 Å². The van der Waals surface area contributed by atoms with Gasteiger partial charge in [0, 0.05) is 18.1 Å². The van der Waals surface area contributed by atoms with E-state index >= 15 is 0 Å². The van der Waals surface area contributed by atoms with Crippen molar-refractivity contribution in [1.29, 1.82) is 0 Å². The molecule has 92 valence electrons. The minimum atomic E-state index is -0.0768. The van der Waals surface area contributed by atoms with Gasteiger partial charge >= 0.3 is 5.97 Å². The maximum atomic E-state index is 11.3. The second-order valence-corrected chi connectivity index (χ2v) is 5.59. The molecule has 1 saturated carbocycles. The van der Waals surface area contributed by atoms with Crippen molar-refractivity contribution in [1.82, 2.24) is 4.98 Å². The van der Waals surface area contributed by atoms with E-state index in [2.05, 4.69) is 4.98 Å². The largest absolute Gasteiger partial charge is 0.469 e. The van der Waals surface area contributed by atoms with E-state index < -0.39 is 0 Å². The zero-order valence-electron chi connectivity index (χ0n) is 10.0. The maximum absolute atomic E-state index is 11.3. The Kier molecular flexibility index (Phi) is 4.05. The first-order valence-corrected chi connectivity index (χ1v) is 6.93. The molecule has 0 aliphatic heterocycles. The lowest BCUT2D eigenvalue weighted by atomic mass is 10.1. The van der Waals surface area contributed by atoms with Crippen molar-refractivity contribution in [2.45, 2.75) is 25.0 Å². The summed E-state index contributed by atoms with van der Waals surface area (Å²) in [5.41, 5.74) is 1.52. The van der Waals surface area contributed by atoms with E-state index in [0.29, 0.717) is 6.42 Å². The van der Waals surface area contributed by atoms with E-state index in [9.17, 15) is 4.79 Å². The molecule has 1 heterocycles. The van der Waals surface area contributed by atoms with Gasteiger partial charge in [-0.05, 0) is 41.7 Å². The first kappa shape index (κ1) is 12.4. The number of carbonyl (C=O) groups excluding carboxylic acids is 1. The number of carbonyl (C=O) groups is 1. The molecule has 1 aliphatic carbocycles. The molecule has 0 radical (unpaired) electrons. The minimum absolute atomic E-state index is 0.0768. The fourth-order valence-corrected chi connectivity index (χ4v) is 3.15.